The molecule has 3 nitrogen and oxygen atoms in total. The fraction of sp³-hybridized carbons (Fsp3) is 0.0556. The molecule has 0 saturated heterocycles. The van der Waals surface area contributed by atoms with Gasteiger partial charge in [-0.05, 0) is 42.5 Å². The van der Waals surface area contributed by atoms with Gasteiger partial charge >= 0.3 is 6.18 Å². The first-order valence-electron chi connectivity index (χ1n) is 7.28. The highest BCUT2D eigenvalue weighted by molar-refractivity contribution is 6.35. The normalized spacial score (nSPS) is 11.4. The molecule has 0 aliphatic rings. The molecule has 1 heterocycles. The number of amides is 1. The lowest BCUT2D eigenvalue weighted by Crippen LogP contribution is -2.11. The zero-order chi connectivity index (χ0) is 18.9. The van der Waals surface area contributed by atoms with Gasteiger partial charge in [-0.3, -0.25) is 4.79 Å². The van der Waals surface area contributed by atoms with Gasteiger partial charge < -0.3 is 9.73 Å². The van der Waals surface area contributed by atoms with Crippen LogP contribution in [-0.4, -0.2) is 5.91 Å². The zero-order valence-electron chi connectivity index (χ0n) is 12.9. The molecule has 1 aromatic heterocycles. The largest absolute Gasteiger partial charge is 0.451 e. The topological polar surface area (TPSA) is 42.2 Å². The Morgan fingerprint density at radius 3 is 2.50 bits per heavy atom. The number of alkyl halides is 3. The summed E-state index contributed by atoms with van der Waals surface area (Å²) in [4.78, 5) is 12.3. The smallest absolute Gasteiger partial charge is 0.416 e. The van der Waals surface area contributed by atoms with Crippen LogP contribution >= 0.6 is 23.2 Å². The number of furan rings is 1. The number of hydrogen-bond acceptors (Lipinski definition) is 2. The Kier molecular flexibility index (Phi) is 4.98. The Labute approximate surface area is 156 Å². The summed E-state index contributed by atoms with van der Waals surface area (Å²) in [6.45, 7) is 0. The van der Waals surface area contributed by atoms with Gasteiger partial charge in [0.25, 0.3) is 5.91 Å². The molecule has 0 unspecified atom stereocenters. The first-order chi connectivity index (χ1) is 12.2. The molecule has 26 heavy (non-hydrogen) atoms. The average molecular weight is 400 g/mol. The van der Waals surface area contributed by atoms with Crippen LogP contribution in [0.15, 0.2) is 59.0 Å². The quantitative estimate of drug-likeness (QED) is 0.544. The van der Waals surface area contributed by atoms with Crippen molar-refractivity contribution in [1.82, 2.24) is 0 Å². The monoisotopic (exact) mass is 399 g/mol. The van der Waals surface area contributed by atoms with Crippen molar-refractivity contribution in [2.45, 2.75) is 6.18 Å². The van der Waals surface area contributed by atoms with E-state index in [2.05, 4.69) is 5.32 Å². The first-order valence-corrected chi connectivity index (χ1v) is 8.03. The lowest BCUT2D eigenvalue weighted by molar-refractivity contribution is -0.137. The van der Waals surface area contributed by atoms with Crippen LogP contribution in [0, 0.1) is 0 Å². The van der Waals surface area contributed by atoms with E-state index in [4.69, 9.17) is 27.6 Å². The second-order valence-electron chi connectivity index (χ2n) is 5.32. The van der Waals surface area contributed by atoms with E-state index in [1.807, 2.05) is 0 Å². The predicted molar refractivity (Wildman–Crippen MR) is 93.6 cm³/mol. The predicted octanol–water partition coefficient (Wildman–Crippen LogP) is 6.52. The highest BCUT2D eigenvalue weighted by atomic mass is 35.5. The third-order valence-electron chi connectivity index (χ3n) is 3.48. The van der Waals surface area contributed by atoms with E-state index in [9.17, 15) is 18.0 Å². The van der Waals surface area contributed by atoms with Gasteiger partial charge in [0.2, 0.25) is 0 Å². The molecule has 3 aromatic rings. The molecule has 0 radical (unpaired) electrons. The van der Waals surface area contributed by atoms with Crippen molar-refractivity contribution < 1.29 is 22.4 Å². The minimum absolute atomic E-state index is 0.0755. The Balaban J connectivity index is 1.84. The van der Waals surface area contributed by atoms with Crippen LogP contribution in [0.5, 0.6) is 0 Å². The maximum absolute atomic E-state index is 12.8. The number of carbonyl (C=O) groups is 1. The fourth-order valence-electron chi connectivity index (χ4n) is 2.24. The molecule has 0 fully saturated rings. The van der Waals surface area contributed by atoms with E-state index in [0.717, 1.165) is 12.1 Å². The fourth-order valence-corrected chi connectivity index (χ4v) is 2.58. The maximum Gasteiger partial charge on any atom is 0.416 e. The number of hydrogen-bond donors (Lipinski definition) is 1. The molecule has 8 heteroatoms. The van der Waals surface area contributed by atoms with Gasteiger partial charge in [-0.15, -0.1) is 0 Å². The van der Waals surface area contributed by atoms with Crippen LogP contribution < -0.4 is 5.32 Å². The Morgan fingerprint density at radius 1 is 1.00 bits per heavy atom. The molecule has 0 saturated carbocycles. The summed E-state index contributed by atoms with van der Waals surface area (Å²) in [6.07, 6.45) is -4.47. The zero-order valence-corrected chi connectivity index (χ0v) is 14.4. The summed E-state index contributed by atoms with van der Waals surface area (Å²) in [5.74, 6) is -0.542. The summed E-state index contributed by atoms with van der Waals surface area (Å²) >= 11 is 11.8. The minimum atomic E-state index is -4.47. The number of anilines is 1. The SMILES string of the molecule is O=C(Nc1cc(Cl)ccc1Cl)c1ccc(-c2cccc(C(F)(F)F)c2)o1. The summed E-state index contributed by atoms with van der Waals surface area (Å²) in [5.41, 5.74) is -0.302. The van der Waals surface area contributed by atoms with Crippen LogP contribution in [0.4, 0.5) is 18.9 Å². The van der Waals surface area contributed by atoms with E-state index < -0.39 is 17.6 Å². The molecule has 134 valence electrons. The van der Waals surface area contributed by atoms with Gasteiger partial charge in [0, 0.05) is 10.6 Å². The van der Waals surface area contributed by atoms with Gasteiger partial charge in [-0.2, -0.15) is 13.2 Å². The van der Waals surface area contributed by atoms with Crippen molar-refractivity contribution in [1.29, 1.82) is 0 Å². The minimum Gasteiger partial charge on any atom is -0.451 e. The van der Waals surface area contributed by atoms with Crippen LogP contribution in [0.3, 0.4) is 0 Å². The molecule has 2 aromatic carbocycles. The standard InChI is InChI=1S/C18H10Cl2F3NO2/c19-12-4-5-13(20)14(9-12)24-17(25)16-7-6-15(26-16)10-2-1-3-11(8-10)18(21,22)23/h1-9H,(H,24,25). The van der Waals surface area contributed by atoms with Gasteiger partial charge in [0.1, 0.15) is 5.76 Å². The number of carbonyl (C=O) groups excluding carboxylic acids is 1. The van der Waals surface area contributed by atoms with Gasteiger partial charge in [0.15, 0.2) is 5.76 Å². The van der Waals surface area contributed by atoms with Gasteiger partial charge in [-0.25, -0.2) is 0 Å². The third-order valence-corrected chi connectivity index (χ3v) is 4.05. The maximum atomic E-state index is 12.8. The van der Waals surface area contributed by atoms with Crippen molar-refractivity contribution in [3.63, 3.8) is 0 Å². The molecule has 0 spiro atoms. The Bertz CT molecular complexity index is 967. The molecule has 3 rings (SSSR count). The van der Waals surface area contributed by atoms with E-state index >= 15 is 0 Å². The highest BCUT2D eigenvalue weighted by Crippen LogP contribution is 2.33. The lowest BCUT2D eigenvalue weighted by Gasteiger charge is -2.07. The van der Waals surface area contributed by atoms with Crippen molar-refractivity contribution in [2.24, 2.45) is 0 Å². The average Bonchev–Trinajstić information content (AvgIpc) is 3.08. The summed E-state index contributed by atoms with van der Waals surface area (Å²) in [6, 6.07) is 12.0. The van der Waals surface area contributed by atoms with Crippen LogP contribution in [0.1, 0.15) is 16.1 Å². The molecule has 0 bridgehead atoms. The second-order valence-corrected chi connectivity index (χ2v) is 6.16. The van der Waals surface area contributed by atoms with Crippen molar-refractivity contribution in [2.75, 3.05) is 5.32 Å². The number of rotatable bonds is 3. The first kappa shape index (κ1) is 18.4. The number of benzene rings is 2. The second kappa shape index (κ2) is 7.05. The summed E-state index contributed by atoms with van der Waals surface area (Å²) in [7, 11) is 0. The molecule has 1 amide bonds. The Hall–Kier alpha value is -2.44. The molecule has 1 N–H and O–H groups in total. The van der Waals surface area contributed by atoms with Crippen molar-refractivity contribution >= 4 is 34.8 Å². The molecule has 0 aliphatic carbocycles. The van der Waals surface area contributed by atoms with E-state index in [0.29, 0.717) is 10.7 Å². The van der Waals surface area contributed by atoms with E-state index in [-0.39, 0.29) is 22.1 Å². The van der Waals surface area contributed by atoms with Crippen molar-refractivity contribution in [3.05, 3.63) is 76.0 Å². The lowest BCUT2D eigenvalue weighted by atomic mass is 10.1. The number of halogens is 5. The molecule has 0 atom stereocenters. The van der Waals surface area contributed by atoms with Crippen LogP contribution in [0.25, 0.3) is 11.3 Å². The van der Waals surface area contributed by atoms with Crippen molar-refractivity contribution in [3.8, 4) is 11.3 Å². The number of nitrogens with one attached hydrogen (secondary N) is 1. The van der Waals surface area contributed by atoms with E-state index in [1.54, 1.807) is 6.07 Å². The molecular formula is C18H10Cl2F3NO2. The summed E-state index contributed by atoms with van der Waals surface area (Å²) in [5, 5.41) is 3.21. The molecular weight excluding hydrogens is 390 g/mol. The third kappa shape index (κ3) is 4.03. The Morgan fingerprint density at radius 2 is 1.77 bits per heavy atom. The van der Waals surface area contributed by atoms with Crippen LogP contribution in [0.2, 0.25) is 10.0 Å². The van der Waals surface area contributed by atoms with Gasteiger partial charge in [-0.1, -0.05) is 35.3 Å². The summed E-state index contributed by atoms with van der Waals surface area (Å²) < 4.78 is 43.8. The molecule has 0 aliphatic heterocycles. The van der Waals surface area contributed by atoms with Gasteiger partial charge in [0.05, 0.1) is 16.3 Å². The highest BCUT2D eigenvalue weighted by Gasteiger charge is 2.30. The van der Waals surface area contributed by atoms with Crippen LogP contribution in [-0.2, 0) is 6.18 Å². The van der Waals surface area contributed by atoms with E-state index in [1.165, 1.54) is 36.4 Å².